The van der Waals surface area contributed by atoms with Crippen LogP contribution in [-0.2, 0) is 11.8 Å². The van der Waals surface area contributed by atoms with Gasteiger partial charge in [0.25, 0.3) is 5.56 Å². The Hall–Kier alpha value is -2.55. The van der Waals surface area contributed by atoms with Crippen LogP contribution in [0.5, 0.6) is 0 Å². The van der Waals surface area contributed by atoms with Gasteiger partial charge in [0.1, 0.15) is 0 Å². The van der Waals surface area contributed by atoms with E-state index in [1.807, 2.05) is 30.3 Å². The van der Waals surface area contributed by atoms with Gasteiger partial charge in [-0.2, -0.15) is 0 Å². The number of aromatic nitrogens is 2. The van der Waals surface area contributed by atoms with Crippen molar-refractivity contribution in [1.82, 2.24) is 9.78 Å². The molecular formula is C22H22N2O. The van der Waals surface area contributed by atoms with Gasteiger partial charge < -0.3 is 0 Å². The van der Waals surface area contributed by atoms with Crippen LogP contribution < -0.4 is 5.56 Å². The zero-order valence-electron chi connectivity index (χ0n) is 14.3. The smallest absolute Gasteiger partial charge is 0.275 e. The van der Waals surface area contributed by atoms with E-state index in [2.05, 4.69) is 29.4 Å². The van der Waals surface area contributed by atoms with Crippen molar-refractivity contribution in [3.63, 3.8) is 0 Å². The SMILES string of the molecule is O=c1c2c([nH]n1-c1ccccc1)-c1ccccc1CC21CCCCC1. The lowest BCUT2D eigenvalue weighted by molar-refractivity contribution is 0.287. The molecule has 3 nitrogen and oxygen atoms in total. The largest absolute Gasteiger partial charge is 0.290 e. The molecule has 1 heterocycles. The summed E-state index contributed by atoms with van der Waals surface area (Å²) >= 11 is 0. The second-order valence-corrected chi connectivity index (χ2v) is 7.51. The van der Waals surface area contributed by atoms with Gasteiger partial charge in [-0.25, -0.2) is 4.68 Å². The first kappa shape index (κ1) is 14.8. The predicted molar refractivity (Wildman–Crippen MR) is 100 cm³/mol. The summed E-state index contributed by atoms with van der Waals surface area (Å²) < 4.78 is 1.74. The van der Waals surface area contributed by atoms with Crippen LogP contribution in [0.15, 0.2) is 59.4 Å². The fourth-order valence-electron chi connectivity index (χ4n) is 4.91. The maximum Gasteiger partial charge on any atom is 0.275 e. The minimum atomic E-state index is 0.00947. The normalized spacial score (nSPS) is 17.9. The first-order valence-electron chi connectivity index (χ1n) is 9.28. The third kappa shape index (κ3) is 2.15. The Morgan fingerprint density at radius 2 is 1.60 bits per heavy atom. The Balaban J connectivity index is 1.80. The fraction of sp³-hybridized carbons (Fsp3) is 0.318. The van der Waals surface area contributed by atoms with E-state index < -0.39 is 0 Å². The maximum absolute atomic E-state index is 13.4. The Bertz CT molecular complexity index is 975. The predicted octanol–water partition coefficient (Wildman–Crippen LogP) is 4.59. The number of hydrogen-bond donors (Lipinski definition) is 1. The number of H-pyrrole nitrogens is 1. The number of hydrogen-bond acceptors (Lipinski definition) is 1. The molecule has 1 fully saturated rings. The molecule has 126 valence electrons. The highest BCUT2D eigenvalue weighted by Gasteiger charge is 2.43. The van der Waals surface area contributed by atoms with Crippen LogP contribution in [0.1, 0.15) is 43.2 Å². The summed E-state index contributed by atoms with van der Waals surface area (Å²) in [7, 11) is 0. The summed E-state index contributed by atoms with van der Waals surface area (Å²) in [6, 6.07) is 18.5. The van der Waals surface area contributed by atoms with E-state index in [0.29, 0.717) is 0 Å². The third-order valence-electron chi connectivity index (χ3n) is 6.06. The molecule has 0 unspecified atom stereocenters. The molecule has 0 atom stereocenters. The van der Waals surface area contributed by atoms with Crippen molar-refractivity contribution in [3.05, 3.63) is 76.1 Å². The van der Waals surface area contributed by atoms with Crippen LogP contribution in [0.25, 0.3) is 16.9 Å². The molecule has 1 spiro atoms. The molecule has 25 heavy (non-hydrogen) atoms. The lowest BCUT2D eigenvalue weighted by Crippen LogP contribution is -2.39. The first-order chi connectivity index (χ1) is 12.3. The molecule has 1 N–H and O–H groups in total. The third-order valence-corrected chi connectivity index (χ3v) is 6.06. The summed E-state index contributed by atoms with van der Waals surface area (Å²) in [4.78, 5) is 13.4. The second-order valence-electron chi connectivity index (χ2n) is 7.51. The number of rotatable bonds is 1. The van der Waals surface area contributed by atoms with Crippen LogP contribution in [0.2, 0.25) is 0 Å². The van der Waals surface area contributed by atoms with Crippen molar-refractivity contribution in [1.29, 1.82) is 0 Å². The van der Waals surface area contributed by atoms with Crippen LogP contribution >= 0.6 is 0 Å². The van der Waals surface area contributed by atoms with E-state index in [0.717, 1.165) is 36.2 Å². The number of nitrogens with one attached hydrogen (secondary N) is 1. The van der Waals surface area contributed by atoms with Gasteiger partial charge in [-0.15, -0.1) is 0 Å². The summed E-state index contributed by atoms with van der Waals surface area (Å²) in [5.74, 6) is 0. The average Bonchev–Trinajstić information content (AvgIpc) is 3.02. The quantitative estimate of drug-likeness (QED) is 0.696. The Morgan fingerprint density at radius 3 is 2.40 bits per heavy atom. The molecule has 0 saturated heterocycles. The molecule has 2 aliphatic carbocycles. The minimum absolute atomic E-state index is 0.00947. The van der Waals surface area contributed by atoms with E-state index >= 15 is 0 Å². The monoisotopic (exact) mass is 330 g/mol. The zero-order chi connectivity index (χ0) is 16.9. The molecule has 2 aliphatic rings. The van der Waals surface area contributed by atoms with E-state index in [1.54, 1.807) is 4.68 Å². The van der Waals surface area contributed by atoms with E-state index in [4.69, 9.17) is 0 Å². The second kappa shape index (κ2) is 5.48. The van der Waals surface area contributed by atoms with Crippen LogP contribution in [0, 0.1) is 0 Å². The van der Waals surface area contributed by atoms with Crippen molar-refractivity contribution >= 4 is 0 Å². The molecule has 5 rings (SSSR count). The van der Waals surface area contributed by atoms with Gasteiger partial charge in [-0.1, -0.05) is 61.7 Å². The molecule has 2 aromatic carbocycles. The van der Waals surface area contributed by atoms with Crippen molar-refractivity contribution in [2.24, 2.45) is 0 Å². The Kier molecular flexibility index (Phi) is 3.24. The van der Waals surface area contributed by atoms with Crippen LogP contribution in [0.3, 0.4) is 0 Å². The van der Waals surface area contributed by atoms with Gasteiger partial charge in [0, 0.05) is 11.0 Å². The molecule has 1 aromatic heterocycles. The van der Waals surface area contributed by atoms with Crippen molar-refractivity contribution in [2.45, 2.75) is 43.9 Å². The van der Waals surface area contributed by atoms with E-state index in [-0.39, 0.29) is 11.0 Å². The maximum atomic E-state index is 13.4. The number of benzene rings is 2. The number of fused-ring (bicyclic) bond motifs is 4. The summed E-state index contributed by atoms with van der Waals surface area (Å²) in [6.45, 7) is 0. The van der Waals surface area contributed by atoms with E-state index in [9.17, 15) is 4.79 Å². The zero-order valence-corrected chi connectivity index (χ0v) is 14.3. The number of aromatic amines is 1. The molecule has 0 amide bonds. The highest BCUT2D eigenvalue weighted by atomic mass is 16.1. The summed E-state index contributed by atoms with van der Waals surface area (Å²) in [5, 5.41) is 3.45. The van der Waals surface area contributed by atoms with Gasteiger partial charge in [-0.05, 0) is 37.0 Å². The number of para-hydroxylation sites is 1. The summed E-state index contributed by atoms with van der Waals surface area (Å²) in [6.07, 6.45) is 6.97. The lowest BCUT2D eigenvalue weighted by Gasteiger charge is -2.40. The summed E-state index contributed by atoms with van der Waals surface area (Å²) in [5.41, 5.74) is 5.68. The lowest BCUT2D eigenvalue weighted by atomic mass is 9.63. The molecule has 3 aromatic rings. The Labute approximate surface area is 147 Å². The van der Waals surface area contributed by atoms with Crippen LogP contribution in [-0.4, -0.2) is 9.78 Å². The molecule has 0 aliphatic heterocycles. The van der Waals surface area contributed by atoms with Gasteiger partial charge in [0.15, 0.2) is 0 Å². The fourth-order valence-corrected chi connectivity index (χ4v) is 4.91. The number of nitrogens with zero attached hydrogens (tertiary/aromatic N) is 1. The van der Waals surface area contributed by atoms with Gasteiger partial charge in [0.05, 0.1) is 16.9 Å². The highest BCUT2D eigenvalue weighted by molar-refractivity contribution is 5.72. The van der Waals surface area contributed by atoms with Crippen molar-refractivity contribution in [2.75, 3.05) is 0 Å². The topological polar surface area (TPSA) is 37.8 Å². The standard InChI is InChI=1S/C22H22N2O/c25-21-19-20(23-24(21)17-10-3-1-4-11-17)18-12-6-5-9-16(18)15-22(19)13-7-2-8-14-22/h1,3-6,9-12,23H,2,7-8,13-15H2. The van der Waals surface area contributed by atoms with Crippen LogP contribution in [0.4, 0.5) is 0 Å². The van der Waals surface area contributed by atoms with Gasteiger partial charge in [0.2, 0.25) is 0 Å². The van der Waals surface area contributed by atoms with Crippen molar-refractivity contribution < 1.29 is 0 Å². The minimum Gasteiger partial charge on any atom is -0.290 e. The Morgan fingerprint density at radius 1 is 0.880 bits per heavy atom. The molecule has 0 bridgehead atoms. The highest BCUT2D eigenvalue weighted by Crippen LogP contribution is 2.48. The molecule has 0 radical (unpaired) electrons. The average molecular weight is 330 g/mol. The molecule has 3 heteroatoms. The first-order valence-corrected chi connectivity index (χ1v) is 9.28. The van der Waals surface area contributed by atoms with Crippen molar-refractivity contribution in [3.8, 4) is 16.9 Å². The molecular weight excluding hydrogens is 308 g/mol. The van der Waals surface area contributed by atoms with Gasteiger partial charge >= 0.3 is 0 Å². The van der Waals surface area contributed by atoms with E-state index in [1.165, 1.54) is 30.4 Å². The molecule has 1 saturated carbocycles. The van der Waals surface area contributed by atoms with Gasteiger partial charge in [-0.3, -0.25) is 9.89 Å².